The van der Waals surface area contributed by atoms with Gasteiger partial charge >= 0.3 is 0 Å². The normalized spacial score (nSPS) is 42.7. The van der Waals surface area contributed by atoms with Crippen molar-refractivity contribution in [1.29, 1.82) is 0 Å². The van der Waals surface area contributed by atoms with Crippen molar-refractivity contribution in [3.63, 3.8) is 0 Å². The maximum absolute atomic E-state index is 6.37. The molecule has 1 N–H and O–H groups in total. The second-order valence-electron chi connectivity index (χ2n) is 7.02. The van der Waals surface area contributed by atoms with Crippen LogP contribution in [0.5, 0.6) is 0 Å². The fourth-order valence-electron chi connectivity index (χ4n) is 3.95. The Kier molecular flexibility index (Phi) is 3.33. The molecule has 2 aliphatic rings. The lowest BCUT2D eigenvalue weighted by molar-refractivity contribution is -0.0884. The Labute approximate surface area is 107 Å². The van der Waals surface area contributed by atoms with E-state index in [0.717, 1.165) is 5.92 Å². The Bertz CT molecular complexity index is 289. The molecule has 2 aliphatic carbocycles. The Morgan fingerprint density at radius 2 is 1.88 bits per heavy atom. The lowest BCUT2D eigenvalue weighted by Gasteiger charge is -2.40. The van der Waals surface area contributed by atoms with E-state index in [9.17, 15) is 0 Å². The van der Waals surface area contributed by atoms with Crippen molar-refractivity contribution < 1.29 is 4.74 Å². The van der Waals surface area contributed by atoms with Crippen LogP contribution in [0, 0.1) is 16.7 Å². The number of rotatable bonds is 4. The molecule has 0 saturated heterocycles. The molecule has 0 spiro atoms. The Hall–Kier alpha value is -0.0800. The summed E-state index contributed by atoms with van der Waals surface area (Å²) >= 11 is 0. The van der Waals surface area contributed by atoms with Gasteiger partial charge in [-0.3, -0.25) is 0 Å². The summed E-state index contributed by atoms with van der Waals surface area (Å²) in [7, 11) is 2.01. The van der Waals surface area contributed by atoms with E-state index in [1.54, 1.807) is 0 Å². The first kappa shape index (κ1) is 13.4. The number of nitrogens with one attached hydrogen (secondary N) is 1. The quantitative estimate of drug-likeness (QED) is 0.813. The second-order valence-corrected chi connectivity index (χ2v) is 7.02. The van der Waals surface area contributed by atoms with Crippen molar-refractivity contribution in [2.45, 2.75) is 72.1 Å². The highest BCUT2D eigenvalue weighted by atomic mass is 16.5. The molecule has 17 heavy (non-hydrogen) atoms. The SMILES string of the molecule is CNC(C)C(C)OC1CC2CCC1(C)C2(C)C. The van der Waals surface area contributed by atoms with Crippen molar-refractivity contribution in [2.75, 3.05) is 7.05 Å². The van der Waals surface area contributed by atoms with Crippen LogP contribution in [0.3, 0.4) is 0 Å². The second kappa shape index (κ2) is 4.24. The molecule has 5 unspecified atom stereocenters. The monoisotopic (exact) mass is 239 g/mol. The fourth-order valence-corrected chi connectivity index (χ4v) is 3.95. The number of hydrogen-bond donors (Lipinski definition) is 1. The summed E-state index contributed by atoms with van der Waals surface area (Å²) in [6, 6.07) is 0.431. The van der Waals surface area contributed by atoms with Crippen molar-refractivity contribution in [2.24, 2.45) is 16.7 Å². The van der Waals surface area contributed by atoms with Gasteiger partial charge in [0.25, 0.3) is 0 Å². The van der Waals surface area contributed by atoms with E-state index >= 15 is 0 Å². The minimum Gasteiger partial charge on any atom is -0.373 e. The van der Waals surface area contributed by atoms with Crippen molar-refractivity contribution in [3.05, 3.63) is 0 Å². The van der Waals surface area contributed by atoms with E-state index in [-0.39, 0.29) is 0 Å². The fraction of sp³-hybridized carbons (Fsp3) is 1.00. The number of likely N-dealkylation sites (N-methyl/N-ethyl adjacent to an activating group) is 1. The summed E-state index contributed by atoms with van der Waals surface area (Å²) in [4.78, 5) is 0. The average Bonchev–Trinajstić information content (AvgIpc) is 2.60. The van der Waals surface area contributed by atoms with E-state index in [4.69, 9.17) is 4.74 Å². The van der Waals surface area contributed by atoms with Crippen molar-refractivity contribution in [3.8, 4) is 0 Å². The zero-order valence-corrected chi connectivity index (χ0v) is 12.3. The smallest absolute Gasteiger partial charge is 0.0701 e. The van der Waals surface area contributed by atoms with Crippen molar-refractivity contribution >= 4 is 0 Å². The van der Waals surface area contributed by atoms with Crippen LogP contribution in [0.4, 0.5) is 0 Å². The number of ether oxygens (including phenoxy) is 1. The number of fused-ring (bicyclic) bond motifs is 2. The van der Waals surface area contributed by atoms with Crippen LogP contribution in [0.1, 0.15) is 53.9 Å². The number of hydrogen-bond acceptors (Lipinski definition) is 2. The maximum Gasteiger partial charge on any atom is 0.0701 e. The molecule has 0 aromatic carbocycles. The minimum atomic E-state index is 0.303. The largest absolute Gasteiger partial charge is 0.373 e. The van der Waals surface area contributed by atoms with Gasteiger partial charge in [0, 0.05) is 6.04 Å². The minimum absolute atomic E-state index is 0.303. The van der Waals surface area contributed by atoms with Crippen LogP contribution in [0.15, 0.2) is 0 Å². The van der Waals surface area contributed by atoms with Crippen LogP contribution in [0.25, 0.3) is 0 Å². The third-order valence-electron chi connectivity index (χ3n) is 6.25. The first-order chi connectivity index (χ1) is 7.83. The van der Waals surface area contributed by atoms with Gasteiger partial charge < -0.3 is 10.1 Å². The zero-order chi connectivity index (χ0) is 12.8. The van der Waals surface area contributed by atoms with Gasteiger partial charge in [0.1, 0.15) is 0 Å². The van der Waals surface area contributed by atoms with E-state index in [2.05, 4.69) is 39.9 Å². The molecular formula is C15H29NO. The van der Waals surface area contributed by atoms with Gasteiger partial charge in [-0.15, -0.1) is 0 Å². The Morgan fingerprint density at radius 3 is 2.29 bits per heavy atom. The zero-order valence-electron chi connectivity index (χ0n) is 12.3. The van der Waals surface area contributed by atoms with E-state index in [0.29, 0.717) is 29.1 Å². The lowest BCUT2D eigenvalue weighted by atomic mass is 9.70. The van der Waals surface area contributed by atoms with Crippen LogP contribution in [0.2, 0.25) is 0 Å². The molecule has 0 radical (unpaired) electrons. The van der Waals surface area contributed by atoms with Gasteiger partial charge in [-0.25, -0.2) is 0 Å². The van der Waals surface area contributed by atoms with Gasteiger partial charge in [-0.1, -0.05) is 20.8 Å². The van der Waals surface area contributed by atoms with Crippen LogP contribution < -0.4 is 5.32 Å². The van der Waals surface area contributed by atoms with Crippen LogP contribution >= 0.6 is 0 Å². The summed E-state index contributed by atoms with van der Waals surface area (Å²) in [6.45, 7) is 11.7. The summed E-state index contributed by atoms with van der Waals surface area (Å²) in [5.41, 5.74) is 0.847. The molecule has 0 heterocycles. The van der Waals surface area contributed by atoms with Gasteiger partial charge in [-0.2, -0.15) is 0 Å². The van der Waals surface area contributed by atoms with E-state index < -0.39 is 0 Å². The van der Waals surface area contributed by atoms with Gasteiger partial charge in [0.15, 0.2) is 0 Å². The molecule has 0 amide bonds. The third-order valence-corrected chi connectivity index (χ3v) is 6.25. The molecule has 2 bridgehead atoms. The molecule has 2 saturated carbocycles. The van der Waals surface area contributed by atoms with Gasteiger partial charge in [0.2, 0.25) is 0 Å². The molecule has 0 aliphatic heterocycles. The molecule has 2 heteroatoms. The predicted molar refractivity (Wildman–Crippen MR) is 72.1 cm³/mol. The van der Waals surface area contributed by atoms with Crippen molar-refractivity contribution in [1.82, 2.24) is 5.32 Å². The third kappa shape index (κ3) is 1.84. The molecule has 100 valence electrons. The summed E-state index contributed by atoms with van der Waals surface area (Å²) in [5, 5.41) is 3.29. The molecule has 2 rings (SSSR count). The highest BCUT2D eigenvalue weighted by molar-refractivity contribution is 5.11. The summed E-state index contributed by atoms with van der Waals surface area (Å²) in [5.74, 6) is 0.870. The average molecular weight is 239 g/mol. The molecule has 0 aromatic heterocycles. The molecule has 0 aromatic rings. The molecular weight excluding hydrogens is 210 g/mol. The van der Waals surface area contributed by atoms with Crippen LogP contribution in [-0.4, -0.2) is 25.3 Å². The van der Waals surface area contributed by atoms with E-state index in [1.807, 2.05) is 7.05 Å². The highest BCUT2D eigenvalue weighted by Crippen LogP contribution is 2.66. The Morgan fingerprint density at radius 1 is 1.24 bits per heavy atom. The topological polar surface area (TPSA) is 21.3 Å². The predicted octanol–water partition coefficient (Wildman–Crippen LogP) is 3.21. The Balaban J connectivity index is 2.06. The highest BCUT2D eigenvalue weighted by Gasteiger charge is 2.62. The lowest BCUT2D eigenvalue weighted by Crippen LogP contribution is -2.43. The van der Waals surface area contributed by atoms with Crippen LogP contribution in [-0.2, 0) is 4.74 Å². The molecule has 2 fully saturated rings. The maximum atomic E-state index is 6.37. The summed E-state index contributed by atoms with van der Waals surface area (Å²) < 4.78 is 6.37. The first-order valence-corrected chi connectivity index (χ1v) is 7.15. The van der Waals surface area contributed by atoms with Gasteiger partial charge in [0.05, 0.1) is 12.2 Å². The molecule has 2 nitrogen and oxygen atoms in total. The summed E-state index contributed by atoms with van der Waals surface area (Å²) in [6.07, 6.45) is 4.78. The molecule has 5 atom stereocenters. The van der Waals surface area contributed by atoms with Gasteiger partial charge in [-0.05, 0) is 56.9 Å². The van der Waals surface area contributed by atoms with E-state index in [1.165, 1.54) is 19.3 Å². The standard InChI is InChI=1S/C15H29NO/c1-10(16-6)11(2)17-13-9-12-7-8-15(13,5)14(12,3)4/h10-13,16H,7-9H2,1-6H3. The first-order valence-electron chi connectivity index (χ1n) is 7.15.